The van der Waals surface area contributed by atoms with Gasteiger partial charge in [0.1, 0.15) is 0 Å². The van der Waals surface area contributed by atoms with Crippen molar-refractivity contribution in [1.82, 2.24) is 15.1 Å². The van der Waals surface area contributed by atoms with Crippen LogP contribution >= 0.6 is 0 Å². The van der Waals surface area contributed by atoms with Crippen molar-refractivity contribution in [1.29, 1.82) is 0 Å². The van der Waals surface area contributed by atoms with E-state index in [9.17, 15) is 0 Å². The number of benzene rings is 1. The van der Waals surface area contributed by atoms with Gasteiger partial charge in [-0.05, 0) is 24.6 Å². The van der Waals surface area contributed by atoms with Crippen LogP contribution in [0.4, 0.5) is 0 Å². The molecule has 4 nitrogen and oxygen atoms in total. The molecule has 2 aliphatic rings. The summed E-state index contributed by atoms with van der Waals surface area (Å²) in [7, 11) is 2.00. The molecule has 0 saturated carbocycles. The molecule has 0 radical (unpaired) electrons. The van der Waals surface area contributed by atoms with Crippen LogP contribution in [0, 0.1) is 0 Å². The van der Waals surface area contributed by atoms with Crippen LogP contribution in [0.3, 0.4) is 0 Å². The van der Waals surface area contributed by atoms with Crippen LogP contribution in [-0.2, 0) is 17.8 Å². The number of hydrogen-bond donors (Lipinski definition) is 1. The van der Waals surface area contributed by atoms with E-state index in [1.54, 1.807) is 0 Å². The summed E-state index contributed by atoms with van der Waals surface area (Å²) in [5.41, 5.74) is 2.81. The van der Waals surface area contributed by atoms with Crippen LogP contribution in [-0.4, -0.2) is 62.3 Å². The van der Waals surface area contributed by atoms with Crippen molar-refractivity contribution in [2.45, 2.75) is 25.6 Å². The smallest absolute Gasteiger partial charge is 0.0594 e. The zero-order valence-electron chi connectivity index (χ0n) is 13.1. The van der Waals surface area contributed by atoms with E-state index in [1.165, 1.54) is 30.6 Å². The first-order chi connectivity index (χ1) is 10.3. The van der Waals surface area contributed by atoms with Crippen molar-refractivity contribution < 1.29 is 4.74 Å². The van der Waals surface area contributed by atoms with Gasteiger partial charge in [-0.2, -0.15) is 0 Å². The van der Waals surface area contributed by atoms with E-state index in [4.69, 9.17) is 4.74 Å². The summed E-state index contributed by atoms with van der Waals surface area (Å²) in [5.74, 6) is 0. The van der Waals surface area contributed by atoms with Gasteiger partial charge in [0.25, 0.3) is 0 Å². The number of morpholine rings is 1. The number of likely N-dealkylation sites (tertiary alicyclic amines) is 1. The number of rotatable bonds is 5. The fourth-order valence-electron chi connectivity index (χ4n) is 3.50. The Bertz CT molecular complexity index is 445. The first-order valence-corrected chi connectivity index (χ1v) is 8.12. The van der Waals surface area contributed by atoms with Gasteiger partial charge in [-0.15, -0.1) is 0 Å². The molecule has 0 aromatic heterocycles. The van der Waals surface area contributed by atoms with Crippen LogP contribution in [0.1, 0.15) is 17.5 Å². The quantitative estimate of drug-likeness (QED) is 0.884. The molecule has 21 heavy (non-hydrogen) atoms. The van der Waals surface area contributed by atoms with Gasteiger partial charge < -0.3 is 10.1 Å². The molecule has 1 aromatic rings. The molecule has 0 aliphatic carbocycles. The highest BCUT2D eigenvalue weighted by molar-refractivity contribution is 5.23. The first kappa shape index (κ1) is 15.0. The summed E-state index contributed by atoms with van der Waals surface area (Å²) in [6.07, 6.45) is 1.30. The molecular weight excluding hydrogens is 262 g/mol. The van der Waals surface area contributed by atoms with E-state index in [-0.39, 0.29) is 0 Å². The predicted molar refractivity (Wildman–Crippen MR) is 85.3 cm³/mol. The Morgan fingerprint density at radius 3 is 2.81 bits per heavy atom. The summed E-state index contributed by atoms with van der Waals surface area (Å²) in [5, 5.41) is 3.22. The summed E-state index contributed by atoms with van der Waals surface area (Å²) >= 11 is 0. The van der Waals surface area contributed by atoms with E-state index in [2.05, 4.69) is 39.4 Å². The van der Waals surface area contributed by atoms with Crippen LogP contribution in [0.15, 0.2) is 24.3 Å². The maximum Gasteiger partial charge on any atom is 0.0594 e. The minimum Gasteiger partial charge on any atom is -0.379 e. The van der Waals surface area contributed by atoms with Gasteiger partial charge >= 0.3 is 0 Å². The van der Waals surface area contributed by atoms with Gasteiger partial charge in [0.05, 0.1) is 13.2 Å². The third-order valence-corrected chi connectivity index (χ3v) is 4.59. The second-order valence-electron chi connectivity index (χ2n) is 6.18. The zero-order valence-corrected chi connectivity index (χ0v) is 13.1. The largest absolute Gasteiger partial charge is 0.379 e. The Labute approximate surface area is 128 Å². The summed E-state index contributed by atoms with van der Waals surface area (Å²) in [4.78, 5) is 5.21. The van der Waals surface area contributed by atoms with Gasteiger partial charge in [-0.1, -0.05) is 24.3 Å². The van der Waals surface area contributed by atoms with Crippen LogP contribution < -0.4 is 5.32 Å². The summed E-state index contributed by atoms with van der Waals surface area (Å²) in [6.45, 7) is 8.48. The van der Waals surface area contributed by atoms with E-state index >= 15 is 0 Å². The topological polar surface area (TPSA) is 27.7 Å². The Kier molecular flexibility index (Phi) is 5.25. The summed E-state index contributed by atoms with van der Waals surface area (Å²) in [6, 6.07) is 9.69. The molecule has 1 unspecified atom stereocenters. The SMILES string of the molecule is CNCc1cccc(CN2CCC(N3CCOCC3)C2)c1. The van der Waals surface area contributed by atoms with Crippen LogP contribution in [0.5, 0.6) is 0 Å². The molecule has 2 aliphatic heterocycles. The lowest BCUT2D eigenvalue weighted by Gasteiger charge is -2.32. The standard InChI is InChI=1S/C17H27N3O/c1-18-12-15-3-2-4-16(11-15)13-19-6-5-17(14-19)20-7-9-21-10-8-20/h2-4,11,17-18H,5-10,12-14H2,1H3. The van der Waals surface area contributed by atoms with Crippen molar-refractivity contribution in [3.8, 4) is 0 Å². The molecule has 1 aromatic carbocycles. The average molecular weight is 289 g/mol. The third kappa shape index (κ3) is 4.04. The molecule has 116 valence electrons. The number of nitrogens with zero attached hydrogens (tertiary/aromatic N) is 2. The fourth-order valence-corrected chi connectivity index (χ4v) is 3.50. The van der Waals surface area contributed by atoms with Crippen molar-refractivity contribution in [2.75, 3.05) is 46.4 Å². The Hall–Kier alpha value is -0.940. The van der Waals surface area contributed by atoms with E-state index in [1.807, 2.05) is 7.05 Å². The highest BCUT2D eigenvalue weighted by atomic mass is 16.5. The highest BCUT2D eigenvalue weighted by Crippen LogP contribution is 2.19. The molecule has 0 amide bonds. The van der Waals surface area contributed by atoms with Crippen LogP contribution in [0.25, 0.3) is 0 Å². The van der Waals surface area contributed by atoms with E-state index < -0.39 is 0 Å². The first-order valence-electron chi connectivity index (χ1n) is 8.12. The second kappa shape index (κ2) is 7.36. The molecule has 2 saturated heterocycles. The molecule has 2 heterocycles. The fraction of sp³-hybridized carbons (Fsp3) is 0.647. The van der Waals surface area contributed by atoms with Gasteiger partial charge in [0.2, 0.25) is 0 Å². The lowest BCUT2D eigenvalue weighted by atomic mass is 10.1. The monoisotopic (exact) mass is 289 g/mol. The Balaban J connectivity index is 1.53. The lowest BCUT2D eigenvalue weighted by molar-refractivity contribution is 0.0184. The number of hydrogen-bond acceptors (Lipinski definition) is 4. The maximum atomic E-state index is 5.46. The number of nitrogens with one attached hydrogen (secondary N) is 1. The molecule has 4 heteroatoms. The average Bonchev–Trinajstić information content (AvgIpc) is 2.97. The molecular formula is C17H27N3O. The van der Waals surface area contributed by atoms with Gasteiger partial charge in [0, 0.05) is 45.3 Å². The van der Waals surface area contributed by atoms with E-state index in [0.29, 0.717) is 0 Å². The molecule has 1 N–H and O–H groups in total. The predicted octanol–water partition coefficient (Wildman–Crippen LogP) is 1.31. The van der Waals surface area contributed by atoms with Crippen molar-refractivity contribution in [3.05, 3.63) is 35.4 Å². The molecule has 3 rings (SSSR count). The molecule has 0 bridgehead atoms. The summed E-state index contributed by atoms with van der Waals surface area (Å²) < 4.78 is 5.46. The van der Waals surface area contributed by atoms with Gasteiger partial charge in [0.15, 0.2) is 0 Å². The maximum absolute atomic E-state index is 5.46. The van der Waals surface area contributed by atoms with Gasteiger partial charge in [-0.3, -0.25) is 9.80 Å². The van der Waals surface area contributed by atoms with Crippen molar-refractivity contribution >= 4 is 0 Å². The second-order valence-corrected chi connectivity index (χ2v) is 6.18. The molecule has 1 atom stereocenters. The lowest BCUT2D eigenvalue weighted by Crippen LogP contribution is -2.44. The highest BCUT2D eigenvalue weighted by Gasteiger charge is 2.28. The normalized spacial score (nSPS) is 24.5. The number of ether oxygens (including phenoxy) is 1. The van der Waals surface area contributed by atoms with Crippen LogP contribution in [0.2, 0.25) is 0 Å². The van der Waals surface area contributed by atoms with Gasteiger partial charge in [-0.25, -0.2) is 0 Å². The zero-order chi connectivity index (χ0) is 14.5. The molecule has 0 spiro atoms. The minimum absolute atomic E-state index is 0.731. The van der Waals surface area contributed by atoms with Crippen molar-refractivity contribution in [3.63, 3.8) is 0 Å². The minimum atomic E-state index is 0.731. The Morgan fingerprint density at radius 2 is 2.00 bits per heavy atom. The van der Waals surface area contributed by atoms with Crippen molar-refractivity contribution in [2.24, 2.45) is 0 Å². The third-order valence-electron chi connectivity index (χ3n) is 4.59. The Morgan fingerprint density at radius 1 is 1.19 bits per heavy atom. The van der Waals surface area contributed by atoms with E-state index in [0.717, 1.165) is 45.4 Å². The molecule has 2 fully saturated rings.